The van der Waals surface area contributed by atoms with Gasteiger partial charge in [-0.15, -0.1) is 0 Å². The number of hydrogen-bond acceptors (Lipinski definition) is 2. The van der Waals surface area contributed by atoms with Gasteiger partial charge in [0.1, 0.15) is 6.04 Å². The van der Waals surface area contributed by atoms with E-state index in [1.807, 2.05) is 30.3 Å². The van der Waals surface area contributed by atoms with E-state index >= 15 is 0 Å². The van der Waals surface area contributed by atoms with Gasteiger partial charge in [-0.2, -0.15) is 5.26 Å². The average molecular weight is 291 g/mol. The minimum absolute atomic E-state index is 0.103. The summed E-state index contributed by atoms with van der Waals surface area (Å²) in [5.41, 5.74) is 1.75. The second-order valence-electron chi connectivity index (χ2n) is 3.82. The van der Waals surface area contributed by atoms with Crippen molar-refractivity contribution in [3.8, 4) is 6.07 Å². The summed E-state index contributed by atoms with van der Waals surface area (Å²) in [5.74, 6) is -0.103. The molecule has 0 radical (unpaired) electrons. The summed E-state index contributed by atoms with van der Waals surface area (Å²) < 4.78 is 0. The number of nitriles is 1. The minimum atomic E-state index is -0.530. The highest BCUT2D eigenvalue weighted by atomic mass is 79.9. The summed E-state index contributed by atoms with van der Waals surface area (Å²) in [6.45, 7) is 1.76. The lowest BCUT2D eigenvalue weighted by Gasteiger charge is -2.30. The van der Waals surface area contributed by atoms with Gasteiger partial charge in [0.25, 0.3) is 0 Å². The van der Waals surface area contributed by atoms with E-state index in [0.29, 0.717) is 0 Å². The number of benzene rings is 1. The predicted molar refractivity (Wildman–Crippen MR) is 70.8 cm³/mol. The largest absolute Gasteiger partial charge is 0.291 e. The molecule has 0 bridgehead atoms. The van der Waals surface area contributed by atoms with Crippen LogP contribution in [0.5, 0.6) is 0 Å². The molecule has 0 fully saturated rings. The molecule has 1 aliphatic rings. The topological polar surface area (TPSA) is 44.1 Å². The third-order valence-electron chi connectivity index (χ3n) is 2.64. The van der Waals surface area contributed by atoms with Crippen LogP contribution in [0.3, 0.4) is 0 Å². The smallest absolute Gasteiger partial charge is 0.241 e. The van der Waals surface area contributed by atoms with Crippen LogP contribution >= 0.6 is 15.9 Å². The number of halogens is 1. The molecule has 86 valence electrons. The van der Waals surface area contributed by atoms with Gasteiger partial charge in [0, 0.05) is 0 Å². The Morgan fingerprint density at radius 2 is 2.24 bits per heavy atom. The zero-order valence-electron chi connectivity index (χ0n) is 9.30. The molecule has 0 N–H and O–H groups in total. The van der Waals surface area contributed by atoms with Crippen LogP contribution in [0.4, 0.5) is 5.69 Å². The van der Waals surface area contributed by atoms with E-state index < -0.39 is 6.04 Å². The number of carbonyl (C=O) groups is 1. The molecule has 1 aromatic rings. The normalized spacial score (nSPS) is 19.4. The molecule has 17 heavy (non-hydrogen) atoms. The van der Waals surface area contributed by atoms with E-state index in [4.69, 9.17) is 5.26 Å². The van der Waals surface area contributed by atoms with Crippen molar-refractivity contribution in [2.24, 2.45) is 0 Å². The third-order valence-corrected chi connectivity index (χ3v) is 3.03. The van der Waals surface area contributed by atoms with Crippen LogP contribution < -0.4 is 4.90 Å². The molecule has 3 nitrogen and oxygen atoms in total. The average Bonchev–Trinajstić information content (AvgIpc) is 2.36. The number of carbonyl (C=O) groups excluding carboxylic acids is 1. The first kappa shape index (κ1) is 11.9. The SMILES string of the molecule is CC(Br)C(=O)N1c2ccccc2C=CC1C#N. The summed E-state index contributed by atoms with van der Waals surface area (Å²) in [6, 6.07) is 9.16. The second-order valence-corrected chi connectivity index (χ2v) is 5.19. The van der Waals surface area contributed by atoms with Crippen LogP contribution in [-0.2, 0) is 4.79 Å². The Labute approximate surface area is 108 Å². The number of anilines is 1. The Kier molecular flexibility index (Phi) is 3.30. The van der Waals surface area contributed by atoms with Gasteiger partial charge >= 0.3 is 0 Å². The molecule has 0 aromatic heterocycles. The van der Waals surface area contributed by atoms with Gasteiger partial charge in [0.2, 0.25) is 5.91 Å². The molecule has 2 unspecified atom stereocenters. The van der Waals surface area contributed by atoms with Crippen LogP contribution in [0.2, 0.25) is 0 Å². The molecule has 2 atom stereocenters. The molecule has 1 amide bonds. The molecule has 0 aliphatic carbocycles. The van der Waals surface area contributed by atoms with E-state index in [0.717, 1.165) is 11.3 Å². The lowest BCUT2D eigenvalue weighted by molar-refractivity contribution is -0.117. The maximum Gasteiger partial charge on any atom is 0.241 e. The maximum atomic E-state index is 12.1. The third kappa shape index (κ3) is 2.11. The lowest BCUT2D eigenvalue weighted by atomic mass is 10.0. The Balaban J connectivity index is 2.50. The number of nitrogens with zero attached hydrogens (tertiary/aromatic N) is 2. The molecule has 1 aromatic carbocycles. The van der Waals surface area contributed by atoms with Crippen LogP contribution in [0.15, 0.2) is 30.3 Å². The maximum absolute atomic E-state index is 12.1. The van der Waals surface area contributed by atoms with Gasteiger partial charge in [-0.25, -0.2) is 0 Å². The molecule has 1 heterocycles. The zero-order valence-corrected chi connectivity index (χ0v) is 10.9. The Bertz CT molecular complexity index is 516. The van der Waals surface area contributed by atoms with Gasteiger partial charge in [-0.3, -0.25) is 9.69 Å². The molecule has 1 aliphatic heterocycles. The van der Waals surface area contributed by atoms with Crippen LogP contribution in [0, 0.1) is 11.3 Å². The summed E-state index contributed by atoms with van der Waals surface area (Å²) >= 11 is 3.26. The van der Waals surface area contributed by atoms with E-state index in [-0.39, 0.29) is 10.7 Å². The molecule has 0 saturated heterocycles. The van der Waals surface area contributed by atoms with Crippen molar-refractivity contribution in [2.75, 3.05) is 4.90 Å². The van der Waals surface area contributed by atoms with Crippen molar-refractivity contribution in [1.29, 1.82) is 5.26 Å². The molecule has 2 rings (SSSR count). The highest BCUT2D eigenvalue weighted by Crippen LogP contribution is 2.29. The van der Waals surface area contributed by atoms with Gasteiger partial charge in [0.05, 0.1) is 16.6 Å². The number of fused-ring (bicyclic) bond motifs is 1. The van der Waals surface area contributed by atoms with E-state index in [2.05, 4.69) is 22.0 Å². The minimum Gasteiger partial charge on any atom is -0.291 e. The highest BCUT2D eigenvalue weighted by molar-refractivity contribution is 9.10. The van der Waals surface area contributed by atoms with Crippen LogP contribution in [-0.4, -0.2) is 16.8 Å². The Hall–Kier alpha value is -1.60. The van der Waals surface area contributed by atoms with Crippen LogP contribution in [0.25, 0.3) is 6.08 Å². The Morgan fingerprint density at radius 1 is 1.53 bits per heavy atom. The fourth-order valence-corrected chi connectivity index (χ4v) is 2.05. The van der Waals surface area contributed by atoms with E-state index in [1.54, 1.807) is 13.0 Å². The quantitative estimate of drug-likeness (QED) is 0.747. The van der Waals surface area contributed by atoms with E-state index in [1.165, 1.54) is 4.90 Å². The van der Waals surface area contributed by atoms with Crippen molar-refractivity contribution in [3.63, 3.8) is 0 Å². The lowest BCUT2D eigenvalue weighted by Crippen LogP contribution is -2.43. The van der Waals surface area contributed by atoms with Crippen molar-refractivity contribution in [3.05, 3.63) is 35.9 Å². The Morgan fingerprint density at radius 3 is 2.88 bits per heavy atom. The van der Waals surface area contributed by atoms with Crippen molar-refractivity contribution < 1.29 is 4.79 Å². The summed E-state index contributed by atoms with van der Waals surface area (Å²) in [7, 11) is 0. The molecule has 4 heteroatoms. The van der Waals surface area contributed by atoms with Crippen molar-refractivity contribution in [1.82, 2.24) is 0 Å². The highest BCUT2D eigenvalue weighted by Gasteiger charge is 2.29. The molecular weight excluding hydrogens is 280 g/mol. The summed E-state index contributed by atoms with van der Waals surface area (Å²) in [6.07, 6.45) is 3.63. The fourth-order valence-electron chi connectivity index (χ4n) is 1.83. The van der Waals surface area contributed by atoms with Gasteiger partial charge in [0.15, 0.2) is 0 Å². The monoisotopic (exact) mass is 290 g/mol. The van der Waals surface area contributed by atoms with Gasteiger partial charge in [-0.05, 0) is 24.6 Å². The fraction of sp³-hybridized carbons (Fsp3) is 0.231. The summed E-state index contributed by atoms with van der Waals surface area (Å²) in [4.78, 5) is 13.4. The number of alkyl halides is 1. The standard InChI is InChI=1S/C13H11BrN2O/c1-9(14)13(17)16-11(8-15)7-6-10-4-2-3-5-12(10)16/h2-7,9,11H,1H3. The molecule has 0 saturated carbocycles. The first-order chi connectivity index (χ1) is 8.15. The number of rotatable bonds is 1. The summed E-state index contributed by atoms with van der Waals surface area (Å²) in [5, 5.41) is 9.11. The molecular formula is C13H11BrN2O. The van der Waals surface area contributed by atoms with Gasteiger partial charge in [-0.1, -0.05) is 40.2 Å². The first-order valence-electron chi connectivity index (χ1n) is 5.29. The predicted octanol–water partition coefficient (Wildman–Crippen LogP) is 2.72. The van der Waals surface area contributed by atoms with E-state index in [9.17, 15) is 4.79 Å². The van der Waals surface area contributed by atoms with Crippen LogP contribution in [0.1, 0.15) is 12.5 Å². The number of para-hydroxylation sites is 1. The van der Waals surface area contributed by atoms with Crippen molar-refractivity contribution >= 4 is 33.6 Å². The zero-order chi connectivity index (χ0) is 12.4. The molecule has 0 spiro atoms. The van der Waals surface area contributed by atoms with Gasteiger partial charge < -0.3 is 0 Å². The first-order valence-corrected chi connectivity index (χ1v) is 6.20. The van der Waals surface area contributed by atoms with Crippen molar-refractivity contribution in [2.45, 2.75) is 17.8 Å². The number of hydrogen-bond donors (Lipinski definition) is 0. The second kappa shape index (κ2) is 4.72. The number of amides is 1.